The Hall–Kier alpha value is -1.89. The lowest BCUT2D eigenvalue weighted by atomic mass is 9.92. The first kappa shape index (κ1) is 59.1. The van der Waals surface area contributed by atoms with Gasteiger partial charge in [0.15, 0.2) is 6.29 Å². The van der Waals surface area contributed by atoms with Gasteiger partial charge in [0.25, 0.3) is 0 Å². The second kappa shape index (κ2) is 44.0. The first-order valence-electron chi connectivity index (χ1n) is 27.4. The molecule has 0 heterocycles. The predicted molar refractivity (Wildman–Crippen MR) is 274 cm³/mol. The molecule has 3 atom stereocenters. The van der Waals surface area contributed by atoms with E-state index in [2.05, 4.69) is 88.0 Å². The third-order valence-electron chi connectivity index (χ3n) is 12.8. The van der Waals surface area contributed by atoms with Crippen LogP contribution in [0, 0.1) is 11.8 Å². The van der Waals surface area contributed by atoms with Crippen LogP contribution in [0.1, 0.15) is 246 Å². The van der Waals surface area contributed by atoms with E-state index in [4.69, 9.17) is 9.47 Å². The standard InChI is InChI=1S/C57H106N2O4/c1-7-11-14-16-18-20-22-24-26-28-30-32-34-36-39-43-55(60)62-50-52(49-59(48-41-47-58(5)6)57(54-45-46-54)53(10-4)42-38-13-9-3)51-63-56(61)44-40-37-35-33-31-29-27-25-23-21-19-17-15-12-8-2/h18-21,24,26,52-53,56,61H,7-17,22-23,25,27-51H2,1-6H3/b20-18-,21-19-,26-24-. The summed E-state index contributed by atoms with van der Waals surface area (Å²) in [7, 11) is 4.32. The zero-order valence-corrected chi connectivity index (χ0v) is 42.8. The molecule has 1 fully saturated rings. The second-order valence-corrected chi connectivity index (χ2v) is 19.4. The van der Waals surface area contributed by atoms with Crippen LogP contribution in [0.5, 0.6) is 0 Å². The van der Waals surface area contributed by atoms with Crippen LogP contribution in [0.2, 0.25) is 0 Å². The minimum atomic E-state index is -0.772. The van der Waals surface area contributed by atoms with E-state index < -0.39 is 6.29 Å². The van der Waals surface area contributed by atoms with E-state index >= 15 is 0 Å². The number of nitrogens with zero attached hydrogens (tertiary/aromatic N) is 2. The molecule has 0 spiro atoms. The number of carbonyl (C=O) groups is 1. The van der Waals surface area contributed by atoms with Crippen molar-refractivity contribution in [1.82, 2.24) is 9.80 Å². The van der Waals surface area contributed by atoms with E-state index in [9.17, 15) is 9.90 Å². The smallest absolute Gasteiger partial charge is 0.305 e. The van der Waals surface area contributed by atoms with Crippen LogP contribution in [0.3, 0.4) is 0 Å². The lowest BCUT2D eigenvalue weighted by Crippen LogP contribution is -2.38. The van der Waals surface area contributed by atoms with E-state index in [1.54, 1.807) is 11.3 Å². The number of hydrogen-bond donors (Lipinski definition) is 1. The van der Waals surface area contributed by atoms with E-state index in [1.807, 2.05) is 0 Å². The van der Waals surface area contributed by atoms with E-state index in [0.717, 1.165) is 71.0 Å². The monoisotopic (exact) mass is 883 g/mol. The summed E-state index contributed by atoms with van der Waals surface area (Å²) in [5.41, 5.74) is 3.20. The van der Waals surface area contributed by atoms with Gasteiger partial charge in [-0.3, -0.25) is 4.79 Å². The number of carbonyl (C=O) groups excluding carboxylic acids is 1. The second-order valence-electron chi connectivity index (χ2n) is 19.4. The summed E-state index contributed by atoms with van der Waals surface area (Å²) in [5, 5.41) is 11.0. The quantitative estimate of drug-likeness (QED) is 0.0284. The first-order valence-corrected chi connectivity index (χ1v) is 27.4. The van der Waals surface area contributed by atoms with Gasteiger partial charge >= 0.3 is 5.97 Å². The summed E-state index contributed by atoms with van der Waals surface area (Å²) >= 11 is 0. The van der Waals surface area contributed by atoms with Crippen LogP contribution in [0.25, 0.3) is 0 Å². The number of rotatable bonds is 47. The zero-order chi connectivity index (χ0) is 45.9. The third-order valence-corrected chi connectivity index (χ3v) is 12.8. The maximum absolute atomic E-state index is 13.1. The summed E-state index contributed by atoms with van der Waals surface area (Å²) in [6, 6.07) is 0. The normalized spacial score (nSPS) is 14.4. The number of ether oxygens (including phenoxy) is 2. The molecule has 6 nitrogen and oxygen atoms in total. The number of allylic oxidation sites excluding steroid dienone is 8. The molecule has 6 heteroatoms. The van der Waals surface area contributed by atoms with Crippen molar-refractivity contribution in [3.05, 3.63) is 47.7 Å². The molecule has 0 saturated heterocycles. The van der Waals surface area contributed by atoms with Crippen molar-refractivity contribution in [2.45, 2.75) is 252 Å². The molecular formula is C57H106N2O4. The topological polar surface area (TPSA) is 62.2 Å². The molecule has 0 radical (unpaired) electrons. The summed E-state index contributed by atoms with van der Waals surface area (Å²) in [6.45, 7) is 12.8. The van der Waals surface area contributed by atoms with Crippen molar-refractivity contribution >= 4 is 5.97 Å². The molecule has 1 aliphatic rings. The van der Waals surface area contributed by atoms with Crippen LogP contribution in [-0.4, -0.2) is 74.1 Å². The van der Waals surface area contributed by atoms with Crippen LogP contribution in [0.15, 0.2) is 47.7 Å². The van der Waals surface area contributed by atoms with Crippen molar-refractivity contribution in [3.8, 4) is 0 Å². The zero-order valence-electron chi connectivity index (χ0n) is 42.8. The molecule has 63 heavy (non-hydrogen) atoms. The highest BCUT2D eigenvalue weighted by Crippen LogP contribution is 2.40. The van der Waals surface area contributed by atoms with Gasteiger partial charge in [-0.15, -0.1) is 0 Å². The molecule has 0 aliphatic heterocycles. The van der Waals surface area contributed by atoms with Gasteiger partial charge in [-0.25, -0.2) is 0 Å². The van der Waals surface area contributed by atoms with Crippen LogP contribution in [0.4, 0.5) is 0 Å². The lowest BCUT2D eigenvalue weighted by molar-refractivity contribution is -0.149. The Morgan fingerprint density at radius 3 is 1.62 bits per heavy atom. The number of aliphatic hydroxyl groups is 1. The average molecular weight is 883 g/mol. The molecule has 0 bridgehead atoms. The van der Waals surface area contributed by atoms with Gasteiger partial charge in [-0.2, -0.15) is 0 Å². The minimum Gasteiger partial charge on any atom is -0.465 e. The van der Waals surface area contributed by atoms with Gasteiger partial charge in [0.2, 0.25) is 0 Å². The highest BCUT2D eigenvalue weighted by atomic mass is 16.6. The molecule has 3 unspecified atom stereocenters. The van der Waals surface area contributed by atoms with Crippen molar-refractivity contribution in [2.24, 2.45) is 11.8 Å². The van der Waals surface area contributed by atoms with Crippen molar-refractivity contribution in [2.75, 3.05) is 46.9 Å². The SMILES string of the molecule is CCCCC/C=C\C/C=C\CCCCCCCC(=O)OCC(COC(O)CCCCCCCCCC/C=C\CCCCC)CN(CCCN(C)C)C(=C1CC1)C(CC)CCCCC. The third kappa shape index (κ3) is 37.0. The highest BCUT2D eigenvalue weighted by Gasteiger charge is 2.30. The molecule has 368 valence electrons. The predicted octanol–water partition coefficient (Wildman–Crippen LogP) is 16.2. The Bertz CT molecular complexity index is 1140. The molecular weight excluding hydrogens is 777 g/mol. The Morgan fingerprint density at radius 2 is 1.08 bits per heavy atom. The molecule has 0 aromatic carbocycles. The maximum Gasteiger partial charge on any atom is 0.305 e. The van der Waals surface area contributed by atoms with Crippen molar-refractivity contribution < 1.29 is 19.4 Å². The summed E-state index contributed by atoms with van der Waals surface area (Å²) in [4.78, 5) is 18.1. The number of hydrogen-bond acceptors (Lipinski definition) is 6. The van der Waals surface area contributed by atoms with Gasteiger partial charge in [-0.05, 0) is 136 Å². The Balaban J connectivity index is 2.66. The fourth-order valence-electron chi connectivity index (χ4n) is 8.70. The van der Waals surface area contributed by atoms with E-state index in [-0.39, 0.29) is 11.9 Å². The number of aliphatic hydroxyl groups excluding tert-OH is 1. The lowest BCUT2D eigenvalue weighted by Gasteiger charge is -2.36. The molecule has 0 aromatic rings. The number of unbranched alkanes of at least 4 members (excludes halogenated alkanes) is 21. The molecule has 1 rings (SSSR count). The molecule has 0 amide bonds. The van der Waals surface area contributed by atoms with Crippen molar-refractivity contribution in [1.29, 1.82) is 0 Å². The number of esters is 1. The molecule has 0 aromatic heterocycles. The van der Waals surface area contributed by atoms with E-state index in [0.29, 0.717) is 32.0 Å². The van der Waals surface area contributed by atoms with Gasteiger partial charge in [0.05, 0.1) is 13.2 Å². The molecule has 1 saturated carbocycles. The van der Waals surface area contributed by atoms with Crippen LogP contribution in [-0.2, 0) is 14.3 Å². The summed E-state index contributed by atoms with van der Waals surface area (Å²) in [5.74, 6) is 0.488. The first-order chi connectivity index (χ1) is 30.9. The minimum absolute atomic E-state index is 0.00612. The summed E-state index contributed by atoms with van der Waals surface area (Å²) in [6.07, 6.45) is 53.4. The average Bonchev–Trinajstić information content (AvgIpc) is 4.12. The van der Waals surface area contributed by atoms with Crippen molar-refractivity contribution in [3.63, 3.8) is 0 Å². The molecule has 1 N–H and O–H groups in total. The van der Waals surface area contributed by atoms with Gasteiger partial charge < -0.3 is 24.4 Å². The van der Waals surface area contributed by atoms with Gasteiger partial charge in [0, 0.05) is 31.1 Å². The molecule has 1 aliphatic carbocycles. The largest absolute Gasteiger partial charge is 0.465 e. The van der Waals surface area contributed by atoms with Gasteiger partial charge in [-0.1, -0.05) is 172 Å². The fourth-order valence-corrected chi connectivity index (χ4v) is 8.70. The fraction of sp³-hybridized carbons (Fsp3) is 0.842. The van der Waals surface area contributed by atoms with E-state index in [1.165, 1.54) is 154 Å². The van der Waals surface area contributed by atoms with Gasteiger partial charge in [0.1, 0.15) is 0 Å². The highest BCUT2D eigenvalue weighted by molar-refractivity contribution is 5.69. The summed E-state index contributed by atoms with van der Waals surface area (Å²) < 4.78 is 12.3. The Morgan fingerprint density at radius 1 is 0.587 bits per heavy atom. The Labute approximate surface area is 392 Å². The Kier molecular flexibility index (Phi) is 41.3. The maximum atomic E-state index is 13.1. The van der Waals surface area contributed by atoms with Crippen LogP contribution >= 0.6 is 0 Å². The van der Waals surface area contributed by atoms with Crippen LogP contribution < -0.4 is 0 Å².